The summed E-state index contributed by atoms with van der Waals surface area (Å²) in [4.78, 5) is 12.6. The second kappa shape index (κ2) is 5.55. The van der Waals surface area contributed by atoms with Crippen LogP contribution in [-0.2, 0) is 6.42 Å². The molecule has 0 radical (unpaired) electrons. The fraction of sp³-hybridized carbons (Fsp3) is 0.300. The van der Waals surface area contributed by atoms with Gasteiger partial charge in [0.15, 0.2) is 0 Å². The van der Waals surface area contributed by atoms with Crippen molar-refractivity contribution in [3.8, 4) is 0 Å². The predicted molar refractivity (Wildman–Crippen MR) is 68.9 cm³/mol. The molecule has 0 fully saturated rings. The monoisotopic (exact) mass is 250 g/mol. The van der Waals surface area contributed by atoms with Gasteiger partial charge in [0.2, 0.25) is 0 Å². The Hall–Kier alpha value is -1.73. The summed E-state index contributed by atoms with van der Waals surface area (Å²) in [6, 6.07) is 1.77. The quantitative estimate of drug-likeness (QED) is 0.545. The second-order valence-electron chi connectivity index (χ2n) is 3.49. The van der Waals surface area contributed by atoms with E-state index in [9.17, 15) is 0 Å². The number of hydrogen-bond acceptors (Lipinski definition) is 7. The third-order valence-corrected chi connectivity index (χ3v) is 2.79. The maximum Gasteiger partial charge on any atom is 0.145 e. The van der Waals surface area contributed by atoms with E-state index in [1.807, 2.05) is 17.8 Å². The lowest BCUT2D eigenvalue weighted by Crippen LogP contribution is -2.12. The first kappa shape index (κ1) is 11.7. The van der Waals surface area contributed by atoms with E-state index in [0.29, 0.717) is 11.6 Å². The first-order valence-electron chi connectivity index (χ1n) is 5.21. The highest BCUT2D eigenvalue weighted by Gasteiger charge is 2.00. The van der Waals surface area contributed by atoms with Crippen molar-refractivity contribution in [3.05, 3.63) is 28.5 Å². The van der Waals surface area contributed by atoms with Gasteiger partial charge in [-0.3, -0.25) is 0 Å². The van der Waals surface area contributed by atoms with Crippen LogP contribution in [0.4, 0.5) is 11.6 Å². The molecule has 0 aliphatic carbocycles. The van der Waals surface area contributed by atoms with E-state index < -0.39 is 0 Å². The number of anilines is 2. The van der Waals surface area contributed by atoms with Gasteiger partial charge >= 0.3 is 0 Å². The number of aryl methyl sites for hydroxylation is 1. The fourth-order valence-corrected chi connectivity index (χ4v) is 2.00. The van der Waals surface area contributed by atoms with Crippen LogP contribution in [0, 0.1) is 6.92 Å². The Kier molecular flexibility index (Phi) is 3.84. The molecule has 0 aromatic carbocycles. The molecule has 0 saturated carbocycles. The lowest BCUT2D eigenvalue weighted by Gasteiger charge is -2.07. The first-order chi connectivity index (χ1) is 8.28. The summed E-state index contributed by atoms with van der Waals surface area (Å²) in [6.45, 7) is 2.61. The van der Waals surface area contributed by atoms with Crippen molar-refractivity contribution in [2.75, 3.05) is 17.3 Å². The van der Waals surface area contributed by atoms with Crippen LogP contribution in [0.15, 0.2) is 17.0 Å². The highest BCUT2D eigenvalue weighted by Crippen LogP contribution is 2.10. The molecule has 4 N–H and O–H groups in total. The van der Waals surface area contributed by atoms with Crippen molar-refractivity contribution in [2.45, 2.75) is 13.3 Å². The number of nitrogen functional groups attached to an aromatic ring is 1. The van der Waals surface area contributed by atoms with Gasteiger partial charge in [-0.15, -0.1) is 11.3 Å². The summed E-state index contributed by atoms with van der Waals surface area (Å²) < 4.78 is 0. The Labute approximate surface area is 103 Å². The summed E-state index contributed by atoms with van der Waals surface area (Å²) in [6.07, 6.45) is 0.873. The molecule has 0 spiro atoms. The van der Waals surface area contributed by atoms with E-state index in [4.69, 9.17) is 5.84 Å². The van der Waals surface area contributed by atoms with E-state index in [0.717, 1.165) is 24.5 Å². The Morgan fingerprint density at radius 1 is 1.35 bits per heavy atom. The summed E-state index contributed by atoms with van der Waals surface area (Å²) in [5.74, 6) is 7.36. The van der Waals surface area contributed by atoms with Crippen LogP contribution in [0.1, 0.15) is 11.5 Å². The molecule has 0 amide bonds. The van der Waals surface area contributed by atoms with Gasteiger partial charge in [-0.2, -0.15) is 0 Å². The number of nitrogens with zero attached hydrogens (tertiary/aromatic N) is 3. The second-order valence-corrected chi connectivity index (χ2v) is 4.21. The molecule has 2 rings (SSSR count). The Bertz CT molecular complexity index is 470. The standard InChI is InChI=1S/C10H14N6S/c1-7-14-9(4-10(15-7)16-11)12-3-2-8-5-17-6-13-8/h4-6H,2-3,11H2,1H3,(H2,12,14,15,16). The topological polar surface area (TPSA) is 88.8 Å². The molecule has 6 nitrogen and oxygen atoms in total. The summed E-state index contributed by atoms with van der Waals surface area (Å²) in [7, 11) is 0. The zero-order valence-electron chi connectivity index (χ0n) is 9.47. The number of hydrazine groups is 1. The summed E-state index contributed by atoms with van der Waals surface area (Å²) in [5.41, 5.74) is 5.43. The number of rotatable bonds is 5. The van der Waals surface area contributed by atoms with E-state index in [1.165, 1.54) is 0 Å². The molecule has 0 atom stereocenters. The van der Waals surface area contributed by atoms with Crippen molar-refractivity contribution in [1.82, 2.24) is 15.0 Å². The maximum absolute atomic E-state index is 5.32. The molecule has 17 heavy (non-hydrogen) atoms. The van der Waals surface area contributed by atoms with Gasteiger partial charge in [0.1, 0.15) is 17.5 Å². The largest absolute Gasteiger partial charge is 0.370 e. The lowest BCUT2D eigenvalue weighted by atomic mass is 10.3. The average molecular weight is 250 g/mol. The molecule has 2 aromatic rings. The van der Waals surface area contributed by atoms with Crippen molar-refractivity contribution in [2.24, 2.45) is 5.84 Å². The van der Waals surface area contributed by atoms with Gasteiger partial charge in [0.05, 0.1) is 11.2 Å². The van der Waals surface area contributed by atoms with Crippen LogP contribution < -0.4 is 16.6 Å². The Balaban J connectivity index is 1.92. The van der Waals surface area contributed by atoms with Gasteiger partial charge in [0.25, 0.3) is 0 Å². The first-order valence-corrected chi connectivity index (χ1v) is 6.15. The molecule has 0 aliphatic heterocycles. The van der Waals surface area contributed by atoms with Crippen molar-refractivity contribution >= 4 is 23.0 Å². The molecule has 2 aromatic heterocycles. The molecule has 2 heterocycles. The Morgan fingerprint density at radius 3 is 2.88 bits per heavy atom. The normalized spacial score (nSPS) is 10.2. The molecular weight excluding hydrogens is 236 g/mol. The minimum Gasteiger partial charge on any atom is -0.370 e. The molecule has 0 aliphatic rings. The van der Waals surface area contributed by atoms with Crippen LogP contribution in [-0.4, -0.2) is 21.5 Å². The van der Waals surface area contributed by atoms with E-state index in [-0.39, 0.29) is 0 Å². The molecule has 0 bridgehead atoms. The van der Waals surface area contributed by atoms with Crippen LogP contribution in [0.25, 0.3) is 0 Å². The van der Waals surface area contributed by atoms with E-state index >= 15 is 0 Å². The minimum atomic E-state index is 0.605. The average Bonchev–Trinajstić information content (AvgIpc) is 2.81. The third kappa shape index (κ3) is 3.36. The van der Waals surface area contributed by atoms with Gasteiger partial charge in [-0.05, 0) is 6.92 Å². The zero-order chi connectivity index (χ0) is 12.1. The van der Waals surface area contributed by atoms with Crippen LogP contribution >= 0.6 is 11.3 Å². The fourth-order valence-electron chi connectivity index (χ4n) is 1.41. The summed E-state index contributed by atoms with van der Waals surface area (Å²) >= 11 is 1.60. The number of nitrogens with one attached hydrogen (secondary N) is 2. The van der Waals surface area contributed by atoms with Crippen LogP contribution in [0.2, 0.25) is 0 Å². The van der Waals surface area contributed by atoms with Crippen molar-refractivity contribution < 1.29 is 0 Å². The number of aromatic nitrogens is 3. The molecule has 90 valence electrons. The summed E-state index contributed by atoms with van der Waals surface area (Å²) in [5, 5.41) is 5.26. The van der Waals surface area contributed by atoms with Crippen LogP contribution in [0.3, 0.4) is 0 Å². The minimum absolute atomic E-state index is 0.605. The van der Waals surface area contributed by atoms with Gasteiger partial charge in [-0.25, -0.2) is 20.8 Å². The highest BCUT2D eigenvalue weighted by molar-refractivity contribution is 7.07. The Morgan fingerprint density at radius 2 is 2.18 bits per heavy atom. The SMILES string of the molecule is Cc1nc(NN)cc(NCCc2cscn2)n1. The molecule has 7 heteroatoms. The van der Waals surface area contributed by atoms with Crippen molar-refractivity contribution in [3.63, 3.8) is 0 Å². The smallest absolute Gasteiger partial charge is 0.145 e. The van der Waals surface area contributed by atoms with Gasteiger partial charge in [0, 0.05) is 24.4 Å². The lowest BCUT2D eigenvalue weighted by molar-refractivity contribution is 0.954. The predicted octanol–water partition coefficient (Wildman–Crippen LogP) is 1.18. The number of nitrogens with two attached hydrogens (primary N) is 1. The third-order valence-electron chi connectivity index (χ3n) is 2.16. The maximum atomic E-state index is 5.32. The zero-order valence-corrected chi connectivity index (χ0v) is 10.3. The molecule has 0 unspecified atom stereocenters. The molecular formula is C10H14N6S. The highest BCUT2D eigenvalue weighted by atomic mass is 32.1. The molecule has 0 saturated heterocycles. The van der Waals surface area contributed by atoms with Gasteiger partial charge < -0.3 is 10.7 Å². The van der Waals surface area contributed by atoms with Crippen LogP contribution in [0.5, 0.6) is 0 Å². The number of hydrogen-bond donors (Lipinski definition) is 3. The van der Waals surface area contributed by atoms with Gasteiger partial charge in [-0.1, -0.05) is 0 Å². The van der Waals surface area contributed by atoms with E-state index in [2.05, 4.69) is 25.7 Å². The van der Waals surface area contributed by atoms with Crippen molar-refractivity contribution in [1.29, 1.82) is 0 Å². The number of thiazole rings is 1. The van der Waals surface area contributed by atoms with E-state index in [1.54, 1.807) is 17.4 Å².